The Balaban J connectivity index is 0.00000231. The van der Waals surface area contributed by atoms with E-state index in [0.717, 1.165) is 50.2 Å². The molecule has 2 unspecified atom stereocenters. The van der Waals surface area contributed by atoms with E-state index in [-0.39, 0.29) is 24.0 Å². The highest BCUT2D eigenvalue weighted by molar-refractivity contribution is 14.0. The molecule has 4 heterocycles. The van der Waals surface area contributed by atoms with E-state index in [2.05, 4.69) is 65.2 Å². The van der Waals surface area contributed by atoms with Gasteiger partial charge >= 0.3 is 0 Å². The molecule has 0 spiro atoms. The molecule has 0 amide bonds. The molecule has 1 aromatic carbocycles. The number of halogens is 1. The molecule has 168 valence electrons. The van der Waals surface area contributed by atoms with Crippen LogP contribution in [0.1, 0.15) is 42.9 Å². The molecular formula is C23H34IN7. The zero-order valence-corrected chi connectivity index (χ0v) is 20.7. The summed E-state index contributed by atoms with van der Waals surface area (Å²) in [7, 11) is 1.89. The number of aryl methyl sites for hydroxylation is 1. The number of likely N-dealkylation sites (tertiary alicyclic amines) is 2. The Bertz CT molecular complexity index is 881. The van der Waals surface area contributed by atoms with E-state index in [1.807, 2.05) is 7.05 Å². The van der Waals surface area contributed by atoms with Crippen LogP contribution in [-0.2, 0) is 26.1 Å². The second-order valence-electron chi connectivity index (χ2n) is 8.85. The van der Waals surface area contributed by atoms with Gasteiger partial charge in [-0.15, -0.1) is 34.2 Å². The Morgan fingerprint density at radius 2 is 1.97 bits per heavy atom. The van der Waals surface area contributed by atoms with Crippen LogP contribution in [0.25, 0.3) is 0 Å². The highest BCUT2D eigenvalue weighted by atomic mass is 127. The molecule has 7 nitrogen and oxygen atoms in total. The molecule has 8 heteroatoms. The lowest BCUT2D eigenvalue weighted by atomic mass is 9.83. The molecule has 0 radical (unpaired) electrons. The number of hydrogen-bond acceptors (Lipinski definition) is 4. The number of guanidine groups is 1. The minimum Gasteiger partial charge on any atom is -0.349 e. The van der Waals surface area contributed by atoms with Gasteiger partial charge in [-0.25, -0.2) is 0 Å². The molecule has 0 aliphatic carbocycles. The van der Waals surface area contributed by atoms with Crippen LogP contribution in [0.4, 0.5) is 0 Å². The predicted molar refractivity (Wildman–Crippen MR) is 134 cm³/mol. The number of nitrogens with one attached hydrogen (secondary N) is 1. The Labute approximate surface area is 202 Å². The van der Waals surface area contributed by atoms with Gasteiger partial charge in [0, 0.05) is 45.7 Å². The van der Waals surface area contributed by atoms with Gasteiger partial charge in [0.15, 0.2) is 11.8 Å². The zero-order valence-electron chi connectivity index (χ0n) is 18.4. The van der Waals surface area contributed by atoms with E-state index in [1.54, 1.807) is 0 Å². The van der Waals surface area contributed by atoms with Crippen molar-refractivity contribution in [1.29, 1.82) is 0 Å². The summed E-state index contributed by atoms with van der Waals surface area (Å²) in [6, 6.07) is 11.6. The standard InChI is InChI=1S/C23H33N7.HI/c1-24-23(25-15-22-27-26-21-10-6-13-30(21)22)29-14-11-20-19(17-29)9-5-12-28(20)16-18-7-3-2-4-8-18;/h2-4,7-8,19-20H,5-6,9-17H2,1H3,(H,24,25);1H. The van der Waals surface area contributed by atoms with Crippen LogP contribution in [0.3, 0.4) is 0 Å². The van der Waals surface area contributed by atoms with Gasteiger partial charge in [0.1, 0.15) is 5.82 Å². The van der Waals surface area contributed by atoms with Gasteiger partial charge in [-0.3, -0.25) is 9.89 Å². The summed E-state index contributed by atoms with van der Waals surface area (Å²) in [5.74, 6) is 3.88. The van der Waals surface area contributed by atoms with Gasteiger partial charge in [0.05, 0.1) is 6.54 Å². The first-order valence-corrected chi connectivity index (χ1v) is 11.5. The van der Waals surface area contributed by atoms with Crippen LogP contribution in [-0.4, -0.2) is 63.2 Å². The summed E-state index contributed by atoms with van der Waals surface area (Å²) >= 11 is 0. The fraction of sp³-hybridized carbons (Fsp3) is 0.609. The normalized spacial score (nSPS) is 23.8. The van der Waals surface area contributed by atoms with E-state index >= 15 is 0 Å². The van der Waals surface area contributed by atoms with Crippen LogP contribution in [0.15, 0.2) is 35.3 Å². The molecule has 2 aromatic rings. The zero-order chi connectivity index (χ0) is 20.3. The first-order valence-electron chi connectivity index (χ1n) is 11.5. The quantitative estimate of drug-likeness (QED) is 0.371. The molecule has 3 aliphatic rings. The SMILES string of the molecule is CN=C(NCc1nnc2n1CCC2)N1CCC2C(CCCN2Cc2ccccc2)C1.I. The van der Waals surface area contributed by atoms with Gasteiger partial charge in [-0.2, -0.15) is 0 Å². The summed E-state index contributed by atoms with van der Waals surface area (Å²) in [5, 5.41) is 12.3. The molecule has 2 fully saturated rings. The van der Waals surface area contributed by atoms with Gasteiger partial charge in [-0.1, -0.05) is 30.3 Å². The Hall–Kier alpha value is -1.68. The maximum atomic E-state index is 4.59. The number of aromatic nitrogens is 3. The van der Waals surface area contributed by atoms with Crippen molar-refractivity contribution in [3.8, 4) is 0 Å². The van der Waals surface area contributed by atoms with Crippen molar-refractivity contribution in [2.45, 2.75) is 57.8 Å². The highest BCUT2D eigenvalue weighted by Gasteiger charge is 2.36. The number of fused-ring (bicyclic) bond motifs is 2. The maximum absolute atomic E-state index is 4.59. The number of piperidine rings is 2. The summed E-state index contributed by atoms with van der Waals surface area (Å²) < 4.78 is 2.26. The molecule has 31 heavy (non-hydrogen) atoms. The summed E-state index contributed by atoms with van der Waals surface area (Å²) in [4.78, 5) is 9.76. The van der Waals surface area contributed by atoms with Crippen molar-refractivity contribution in [2.24, 2.45) is 10.9 Å². The van der Waals surface area contributed by atoms with Crippen LogP contribution in [0, 0.1) is 5.92 Å². The second-order valence-corrected chi connectivity index (χ2v) is 8.85. The third-order valence-corrected chi connectivity index (χ3v) is 7.01. The molecule has 5 rings (SSSR count). The molecule has 1 N–H and O–H groups in total. The van der Waals surface area contributed by atoms with Crippen LogP contribution >= 0.6 is 24.0 Å². The van der Waals surface area contributed by atoms with Crippen LogP contribution < -0.4 is 5.32 Å². The second kappa shape index (κ2) is 10.3. The summed E-state index contributed by atoms with van der Waals surface area (Å²) in [6.45, 7) is 6.19. The maximum Gasteiger partial charge on any atom is 0.194 e. The molecule has 1 aromatic heterocycles. The van der Waals surface area contributed by atoms with Crippen LogP contribution in [0.5, 0.6) is 0 Å². The van der Waals surface area contributed by atoms with E-state index in [1.165, 1.54) is 37.8 Å². The fourth-order valence-electron chi connectivity index (χ4n) is 5.55. The average Bonchev–Trinajstić information content (AvgIpc) is 3.40. The molecule has 2 saturated heterocycles. The monoisotopic (exact) mass is 535 g/mol. The van der Waals surface area contributed by atoms with E-state index in [4.69, 9.17) is 0 Å². The van der Waals surface area contributed by atoms with E-state index in [0.29, 0.717) is 18.5 Å². The van der Waals surface area contributed by atoms with E-state index < -0.39 is 0 Å². The van der Waals surface area contributed by atoms with E-state index in [9.17, 15) is 0 Å². The van der Waals surface area contributed by atoms with Gasteiger partial charge in [0.25, 0.3) is 0 Å². The summed E-state index contributed by atoms with van der Waals surface area (Å²) in [6.07, 6.45) is 6.05. The van der Waals surface area contributed by atoms with Gasteiger partial charge < -0.3 is 14.8 Å². The third kappa shape index (κ3) is 4.89. The number of benzene rings is 1. The molecule has 0 bridgehead atoms. The Kier molecular flexibility index (Phi) is 7.47. The average molecular weight is 535 g/mol. The van der Waals surface area contributed by atoms with Crippen molar-refractivity contribution in [1.82, 2.24) is 29.9 Å². The predicted octanol–water partition coefficient (Wildman–Crippen LogP) is 2.90. The molecule has 3 aliphatic heterocycles. The van der Waals surface area contributed by atoms with Gasteiger partial charge in [0.2, 0.25) is 0 Å². The van der Waals surface area contributed by atoms with Crippen molar-refractivity contribution in [3.63, 3.8) is 0 Å². The minimum absolute atomic E-state index is 0. The van der Waals surface area contributed by atoms with Crippen LogP contribution in [0.2, 0.25) is 0 Å². The smallest absolute Gasteiger partial charge is 0.194 e. The first-order chi connectivity index (χ1) is 14.8. The topological polar surface area (TPSA) is 61.6 Å². The minimum atomic E-state index is 0. The van der Waals surface area contributed by atoms with Crippen molar-refractivity contribution in [3.05, 3.63) is 47.5 Å². The fourth-order valence-corrected chi connectivity index (χ4v) is 5.55. The largest absolute Gasteiger partial charge is 0.349 e. The summed E-state index contributed by atoms with van der Waals surface area (Å²) in [5.41, 5.74) is 1.43. The lowest BCUT2D eigenvalue weighted by molar-refractivity contribution is 0.0372. The van der Waals surface area contributed by atoms with Gasteiger partial charge in [-0.05, 0) is 43.7 Å². The molecule has 2 atom stereocenters. The van der Waals surface area contributed by atoms with Crippen molar-refractivity contribution in [2.75, 3.05) is 26.7 Å². The lowest BCUT2D eigenvalue weighted by Gasteiger charge is -2.48. The number of rotatable bonds is 4. The van der Waals surface area contributed by atoms with Crippen molar-refractivity contribution < 1.29 is 0 Å². The first kappa shape index (κ1) is 22.5. The number of aliphatic imine (C=N–C) groups is 1. The molecular weight excluding hydrogens is 501 g/mol. The number of nitrogens with zero attached hydrogens (tertiary/aromatic N) is 6. The Morgan fingerprint density at radius 3 is 2.81 bits per heavy atom. The number of hydrogen-bond donors (Lipinski definition) is 1. The Morgan fingerprint density at radius 1 is 1.10 bits per heavy atom. The third-order valence-electron chi connectivity index (χ3n) is 7.01. The highest BCUT2D eigenvalue weighted by Crippen LogP contribution is 2.31. The van der Waals surface area contributed by atoms with Crippen molar-refractivity contribution >= 4 is 29.9 Å². The lowest BCUT2D eigenvalue weighted by Crippen LogP contribution is -2.56. The molecule has 0 saturated carbocycles.